The maximum absolute atomic E-state index is 9.45. The molecule has 0 amide bonds. The maximum Gasteiger partial charge on any atom is 0.120 e. The van der Waals surface area contributed by atoms with E-state index in [0.717, 1.165) is 10.0 Å². The van der Waals surface area contributed by atoms with Gasteiger partial charge in [0.1, 0.15) is 5.75 Å². The zero-order valence-electron chi connectivity index (χ0n) is 6.79. The van der Waals surface area contributed by atoms with Crippen LogP contribution < -0.4 is 0 Å². The second-order valence-corrected chi connectivity index (χ2v) is 3.70. The molecule has 1 aromatic carbocycles. The summed E-state index contributed by atoms with van der Waals surface area (Å²) in [5, 5.41) is 18.3. The van der Waals surface area contributed by atoms with E-state index in [0.29, 0.717) is 0 Å². The fraction of sp³-hybridized carbons (Fsp3) is 0.333. The second kappa shape index (κ2) is 3.92. The van der Waals surface area contributed by atoms with Crippen molar-refractivity contribution in [2.24, 2.45) is 0 Å². The third kappa shape index (κ3) is 1.99. The average Bonchev–Trinajstić information content (AvgIpc) is 2.03. The molecule has 0 radical (unpaired) electrons. The molecule has 0 bridgehead atoms. The van der Waals surface area contributed by atoms with Gasteiger partial charge in [-0.3, -0.25) is 0 Å². The molecule has 0 aliphatic carbocycles. The lowest BCUT2D eigenvalue weighted by Crippen LogP contribution is -1.98. The van der Waals surface area contributed by atoms with Gasteiger partial charge in [-0.15, -0.1) is 0 Å². The molecule has 0 spiro atoms. The van der Waals surface area contributed by atoms with Crippen molar-refractivity contribution >= 4 is 15.9 Å². The van der Waals surface area contributed by atoms with Crippen LogP contribution in [0.15, 0.2) is 22.7 Å². The van der Waals surface area contributed by atoms with Gasteiger partial charge in [0.25, 0.3) is 0 Å². The van der Waals surface area contributed by atoms with Crippen molar-refractivity contribution in [1.29, 1.82) is 0 Å². The molecule has 12 heavy (non-hydrogen) atoms. The molecule has 1 aromatic rings. The van der Waals surface area contributed by atoms with Gasteiger partial charge in [0.2, 0.25) is 0 Å². The highest BCUT2D eigenvalue weighted by Crippen LogP contribution is 2.28. The molecule has 2 N–H and O–H groups in total. The minimum Gasteiger partial charge on any atom is -0.508 e. The van der Waals surface area contributed by atoms with Crippen LogP contribution in [0.4, 0.5) is 0 Å². The van der Waals surface area contributed by atoms with Crippen LogP contribution in [0.2, 0.25) is 0 Å². The predicted octanol–water partition coefficient (Wildman–Crippen LogP) is 2.25. The van der Waals surface area contributed by atoms with Crippen molar-refractivity contribution in [3.8, 4) is 5.75 Å². The summed E-state index contributed by atoms with van der Waals surface area (Å²) in [7, 11) is 0. The van der Waals surface area contributed by atoms with Gasteiger partial charge in [-0.05, 0) is 17.7 Å². The van der Waals surface area contributed by atoms with Crippen molar-refractivity contribution < 1.29 is 10.2 Å². The molecule has 0 saturated carbocycles. The van der Waals surface area contributed by atoms with E-state index in [1.807, 2.05) is 13.0 Å². The average molecular weight is 231 g/mol. The Labute approximate surface area is 80.0 Å². The lowest BCUT2D eigenvalue weighted by atomic mass is 10.0. The highest BCUT2D eigenvalue weighted by Gasteiger charge is 2.08. The van der Waals surface area contributed by atoms with E-state index in [1.54, 1.807) is 12.1 Å². The van der Waals surface area contributed by atoms with Gasteiger partial charge < -0.3 is 10.2 Å². The molecular weight excluding hydrogens is 220 g/mol. The third-order valence-electron chi connectivity index (χ3n) is 1.80. The van der Waals surface area contributed by atoms with Crippen LogP contribution in [0.5, 0.6) is 5.75 Å². The minimum absolute atomic E-state index is 0.0156. The molecule has 0 heterocycles. The molecule has 0 aromatic heterocycles. The van der Waals surface area contributed by atoms with Crippen LogP contribution in [0.1, 0.15) is 18.4 Å². The highest BCUT2D eigenvalue weighted by atomic mass is 79.9. The van der Waals surface area contributed by atoms with E-state index in [9.17, 15) is 5.11 Å². The normalized spacial score (nSPS) is 12.9. The van der Waals surface area contributed by atoms with E-state index in [2.05, 4.69) is 15.9 Å². The fourth-order valence-electron chi connectivity index (χ4n) is 1.03. The van der Waals surface area contributed by atoms with Crippen LogP contribution in [0.25, 0.3) is 0 Å². The Hall–Kier alpha value is -0.540. The molecule has 0 fully saturated rings. The lowest BCUT2D eigenvalue weighted by Gasteiger charge is -2.10. The molecule has 3 heteroatoms. The smallest absolute Gasteiger partial charge is 0.120 e. The van der Waals surface area contributed by atoms with Crippen molar-refractivity contribution in [2.75, 3.05) is 6.61 Å². The quantitative estimate of drug-likeness (QED) is 0.819. The predicted molar refractivity (Wildman–Crippen MR) is 51.3 cm³/mol. The standard InChI is InChI=1S/C9H11BrO2/c1-6(5-11)8-3-2-7(10)4-9(8)12/h2-4,6,11-12H,5H2,1H3. The molecule has 0 saturated heterocycles. The monoisotopic (exact) mass is 230 g/mol. The van der Waals surface area contributed by atoms with Gasteiger partial charge in [0.15, 0.2) is 0 Å². The summed E-state index contributed by atoms with van der Waals surface area (Å²) in [5.74, 6) is 0.212. The summed E-state index contributed by atoms with van der Waals surface area (Å²) in [6.07, 6.45) is 0. The van der Waals surface area contributed by atoms with Crippen molar-refractivity contribution in [1.82, 2.24) is 0 Å². The molecule has 1 atom stereocenters. The number of phenols is 1. The van der Waals surface area contributed by atoms with Crippen LogP contribution >= 0.6 is 15.9 Å². The molecule has 2 nitrogen and oxygen atoms in total. The van der Waals surface area contributed by atoms with Crippen molar-refractivity contribution in [3.05, 3.63) is 28.2 Å². The van der Waals surface area contributed by atoms with E-state index < -0.39 is 0 Å². The van der Waals surface area contributed by atoms with Crippen LogP contribution in [-0.4, -0.2) is 16.8 Å². The van der Waals surface area contributed by atoms with Gasteiger partial charge >= 0.3 is 0 Å². The summed E-state index contributed by atoms with van der Waals surface area (Å²) in [4.78, 5) is 0. The Bertz CT molecular complexity index is 273. The van der Waals surface area contributed by atoms with Crippen molar-refractivity contribution in [2.45, 2.75) is 12.8 Å². The van der Waals surface area contributed by atoms with Gasteiger partial charge in [0.05, 0.1) is 0 Å². The van der Waals surface area contributed by atoms with E-state index >= 15 is 0 Å². The summed E-state index contributed by atoms with van der Waals surface area (Å²) >= 11 is 3.24. The lowest BCUT2D eigenvalue weighted by molar-refractivity contribution is 0.270. The Morgan fingerprint density at radius 3 is 2.67 bits per heavy atom. The zero-order chi connectivity index (χ0) is 9.14. The summed E-state index contributed by atoms with van der Waals surface area (Å²) in [6, 6.07) is 5.28. The first kappa shape index (κ1) is 9.55. The molecule has 1 rings (SSSR count). The number of aliphatic hydroxyl groups is 1. The molecule has 66 valence electrons. The van der Waals surface area contributed by atoms with Crippen LogP contribution in [-0.2, 0) is 0 Å². The first-order valence-corrected chi connectivity index (χ1v) is 4.53. The fourth-order valence-corrected chi connectivity index (χ4v) is 1.38. The first-order valence-electron chi connectivity index (χ1n) is 3.74. The largest absolute Gasteiger partial charge is 0.508 e. The number of phenolic OH excluding ortho intramolecular Hbond substituents is 1. The van der Waals surface area contributed by atoms with Gasteiger partial charge in [0, 0.05) is 17.0 Å². The van der Waals surface area contributed by atoms with Crippen molar-refractivity contribution in [3.63, 3.8) is 0 Å². The Morgan fingerprint density at radius 1 is 1.50 bits per heavy atom. The Balaban J connectivity index is 3.01. The number of aliphatic hydroxyl groups excluding tert-OH is 1. The molecule has 0 aliphatic heterocycles. The summed E-state index contributed by atoms with van der Waals surface area (Å²) in [6.45, 7) is 1.91. The van der Waals surface area contributed by atoms with Gasteiger partial charge in [-0.1, -0.05) is 28.9 Å². The first-order chi connectivity index (χ1) is 5.65. The molecule has 1 unspecified atom stereocenters. The molecular formula is C9H11BrO2. The zero-order valence-corrected chi connectivity index (χ0v) is 8.37. The summed E-state index contributed by atoms with van der Waals surface area (Å²) in [5.41, 5.74) is 0.778. The van der Waals surface area contributed by atoms with Crippen LogP contribution in [0.3, 0.4) is 0 Å². The summed E-state index contributed by atoms with van der Waals surface area (Å²) < 4.78 is 0.842. The SMILES string of the molecule is CC(CO)c1ccc(Br)cc1O. The number of rotatable bonds is 2. The van der Waals surface area contributed by atoms with E-state index in [4.69, 9.17) is 5.11 Å². The topological polar surface area (TPSA) is 40.5 Å². The van der Waals surface area contributed by atoms with Gasteiger partial charge in [-0.2, -0.15) is 0 Å². The highest BCUT2D eigenvalue weighted by molar-refractivity contribution is 9.10. The third-order valence-corrected chi connectivity index (χ3v) is 2.29. The maximum atomic E-state index is 9.45. The van der Waals surface area contributed by atoms with E-state index in [1.165, 1.54) is 0 Å². The molecule has 0 aliphatic rings. The number of halogens is 1. The van der Waals surface area contributed by atoms with Crippen LogP contribution in [0, 0.1) is 0 Å². The second-order valence-electron chi connectivity index (χ2n) is 2.79. The number of hydrogen-bond acceptors (Lipinski definition) is 2. The van der Waals surface area contributed by atoms with E-state index in [-0.39, 0.29) is 18.3 Å². The van der Waals surface area contributed by atoms with Gasteiger partial charge in [-0.25, -0.2) is 0 Å². The number of hydrogen-bond donors (Lipinski definition) is 2. The Morgan fingerprint density at radius 2 is 2.17 bits per heavy atom. The number of aromatic hydroxyl groups is 1. The number of benzene rings is 1. The Kier molecular flexibility index (Phi) is 3.12. The minimum atomic E-state index is -0.0156.